The SMILES string of the molecule is COc1ccc2[nH]cc(CCNC(=O)c3ccc(Nc4ncccn4)cc3)c2c1. The predicted octanol–water partition coefficient (Wildman–Crippen LogP) is 3.68. The number of amides is 1. The smallest absolute Gasteiger partial charge is 0.251 e. The Kier molecular flexibility index (Phi) is 5.38. The highest BCUT2D eigenvalue weighted by atomic mass is 16.5. The van der Waals surface area contributed by atoms with Crippen molar-refractivity contribution in [1.29, 1.82) is 0 Å². The molecule has 29 heavy (non-hydrogen) atoms. The minimum absolute atomic E-state index is 0.107. The lowest BCUT2D eigenvalue weighted by atomic mass is 10.1. The Morgan fingerprint density at radius 1 is 1.10 bits per heavy atom. The van der Waals surface area contributed by atoms with Crippen LogP contribution < -0.4 is 15.4 Å². The highest BCUT2D eigenvalue weighted by Gasteiger charge is 2.08. The number of rotatable bonds is 7. The lowest BCUT2D eigenvalue weighted by molar-refractivity contribution is 0.0954. The maximum absolute atomic E-state index is 12.4. The molecule has 2 aromatic heterocycles. The minimum atomic E-state index is -0.107. The second kappa shape index (κ2) is 8.43. The second-order valence-electron chi connectivity index (χ2n) is 6.51. The van der Waals surface area contributed by atoms with E-state index in [1.165, 1.54) is 0 Å². The molecule has 7 nitrogen and oxygen atoms in total. The van der Waals surface area contributed by atoms with Gasteiger partial charge in [-0.15, -0.1) is 0 Å². The lowest BCUT2D eigenvalue weighted by Gasteiger charge is -2.07. The number of carbonyl (C=O) groups excluding carboxylic acids is 1. The normalized spacial score (nSPS) is 10.7. The van der Waals surface area contributed by atoms with Crippen LogP contribution in [-0.4, -0.2) is 34.5 Å². The van der Waals surface area contributed by atoms with Gasteiger partial charge in [-0.2, -0.15) is 0 Å². The standard InChI is InChI=1S/C22H21N5O2/c1-29-18-7-8-20-19(13-18)16(14-26-20)9-12-23-21(28)15-3-5-17(6-4-15)27-22-24-10-2-11-25-22/h2-8,10-11,13-14,26H,9,12H2,1H3,(H,23,28)(H,24,25,27). The van der Waals surface area contributed by atoms with E-state index in [1.54, 1.807) is 37.7 Å². The molecule has 0 aliphatic rings. The van der Waals surface area contributed by atoms with E-state index in [0.29, 0.717) is 18.1 Å². The fraction of sp³-hybridized carbons (Fsp3) is 0.136. The van der Waals surface area contributed by atoms with E-state index in [0.717, 1.165) is 34.3 Å². The van der Waals surface area contributed by atoms with Crippen LogP contribution >= 0.6 is 0 Å². The highest BCUT2D eigenvalue weighted by Crippen LogP contribution is 2.23. The lowest BCUT2D eigenvalue weighted by Crippen LogP contribution is -2.25. The molecule has 2 heterocycles. The Morgan fingerprint density at radius 2 is 1.90 bits per heavy atom. The molecule has 2 aromatic carbocycles. The Morgan fingerprint density at radius 3 is 2.66 bits per heavy atom. The molecular formula is C22H21N5O2. The number of nitrogens with one attached hydrogen (secondary N) is 3. The van der Waals surface area contributed by atoms with Gasteiger partial charge in [0.05, 0.1) is 7.11 Å². The van der Waals surface area contributed by atoms with Crippen molar-refractivity contribution in [1.82, 2.24) is 20.3 Å². The number of hydrogen-bond donors (Lipinski definition) is 3. The summed E-state index contributed by atoms with van der Waals surface area (Å²) >= 11 is 0. The zero-order valence-corrected chi connectivity index (χ0v) is 16.0. The van der Waals surface area contributed by atoms with E-state index in [-0.39, 0.29) is 5.91 Å². The summed E-state index contributed by atoms with van der Waals surface area (Å²) < 4.78 is 5.30. The van der Waals surface area contributed by atoms with E-state index in [1.807, 2.05) is 36.5 Å². The summed E-state index contributed by atoms with van der Waals surface area (Å²) in [6.45, 7) is 0.543. The summed E-state index contributed by atoms with van der Waals surface area (Å²) in [6, 6.07) is 14.9. The maximum Gasteiger partial charge on any atom is 0.251 e. The summed E-state index contributed by atoms with van der Waals surface area (Å²) in [6.07, 6.45) is 6.04. The molecule has 0 saturated carbocycles. The van der Waals surface area contributed by atoms with Gasteiger partial charge in [0.25, 0.3) is 5.91 Å². The number of H-pyrrole nitrogens is 1. The van der Waals surface area contributed by atoms with Gasteiger partial charge in [-0.25, -0.2) is 9.97 Å². The quantitative estimate of drug-likeness (QED) is 0.450. The van der Waals surface area contributed by atoms with Crippen molar-refractivity contribution >= 4 is 28.4 Å². The third-order valence-corrected chi connectivity index (χ3v) is 4.62. The number of anilines is 2. The van der Waals surface area contributed by atoms with Crippen molar-refractivity contribution in [2.45, 2.75) is 6.42 Å². The Hall–Kier alpha value is -3.87. The molecule has 0 saturated heterocycles. The Balaban J connectivity index is 1.34. The molecule has 0 radical (unpaired) electrons. The molecule has 0 spiro atoms. The number of fused-ring (bicyclic) bond motifs is 1. The van der Waals surface area contributed by atoms with Crippen LogP contribution in [-0.2, 0) is 6.42 Å². The monoisotopic (exact) mass is 387 g/mol. The minimum Gasteiger partial charge on any atom is -0.497 e. The summed E-state index contributed by atoms with van der Waals surface area (Å²) in [5.74, 6) is 1.22. The molecule has 0 aliphatic carbocycles. The summed E-state index contributed by atoms with van der Waals surface area (Å²) in [5, 5.41) is 7.17. The molecule has 3 N–H and O–H groups in total. The van der Waals surface area contributed by atoms with Crippen molar-refractivity contribution < 1.29 is 9.53 Å². The van der Waals surface area contributed by atoms with E-state index in [2.05, 4.69) is 25.6 Å². The van der Waals surface area contributed by atoms with Gasteiger partial charge in [0.1, 0.15) is 5.75 Å². The number of nitrogens with zero attached hydrogens (tertiary/aromatic N) is 2. The molecule has 4 rings (SSSR count). The average Bonchev–Trinajstić information content (AvgIpc) is 3.17. The summed E-state index contributed by atoms with van der Waals surface area (Å²) in [4.78, 5) is 23.9. The van der Waals surface area contributed by atoms with Crippen LogP contribution in [0.25, 0.3) is 10.9 Å². The first-order valence-electron chi connectivity index (χ1n) is 9.29. The van der Waals surface area contributed by atoms with Crippen LogP contribution in [0.15, 0.2) is 67.1 Å². The molecule has 0 atom stereocenters. The van der Waals surface area contributed by atoms with Crippen molar-refractivity contribution in [3.63, 3.8) is 0 Å². The molecule has 146 valence electrons. The van der Waals surface area contributed by atoms with E-state index in [4.69, 9.17) is 4.74 Å². The van der Waals surface area contributed by atoms with Crippen LogP contribution in [0.1, 0.15) is 15.9 Å². The molecule has 0 bridgehead atoms. The third-order valence-electron chi connectivity index (χ3n) is 4.62. The fourth-order valence-corrected chi connectivity index (χ4v) is 3.10. The van der Waals surface area contributed by atoms with Crippen molar-refractivity contribution in [3.05, 3.63) is 78.2 Å². The van der Waals surface area contributed by atoms with Gasteiger partial charge < -0.3 is 20.4 Å². The first-order chi connectivity index (χ1) is 14.2. The van der Waals surface area contributed by atoms with Gasteiger partial charge in [-0.3, -0.25) is 4.79 Å². The van der Waals surface area contributed by atoms with Gasteiger partial charge >= 0.3 is 0 Å². The Bertz CT molecular complexity index is 1110. The molecule has 0 aliphatic heterocycles. The number of aromatic amines is 1. The summed E-state index contributed by atoms with van der Waals surface area (Å²) in [7, 11) is 1.65. The number of carbonyl (C=O) groups is 1. The second-order valence-corrected chi connectivity index (χ2v) is 6.51. The van der Waals surface area contributed by atoms with Crippen LogP contribution in [0, 0.1) is 0 Å². The van der Waals surface area contributed by atoms with E-state index in [9.17, 15) is 4.79 Å². The van der Waals surface area contributed by atoms with Crippen molar-refractivity contribution in [2.75, 3.05) is 19.0 Å². The highest BCUT2D eigenvalue weighted by molar-refractivity contribution is 5.94. The summed E-state index contributed by atoms with van der Waals surface area (Å²) in [5.41, 5.74) is 3.62. The largest absolute Gasteiger partial charge is 0.497 e. The van der Waals surface area contributed by atoms with Gasteiger partial charge in [0.2, 0.25) is 5.95 Å². The molecule has 1 amide bonds. The van der Waals surface area contributed by atoms with Crippen LogP contribution in [0.2, 0.25) is 0 Å². The number of benzene rings is 2. The van der Waals surface area contributed by atoms with Crippen LogP contribution in [0.5, 0.6) is 5.75 Å². The van der Waals surface area contributed by atoms with Gasteiger partial charge in [-0.1, -0.05) is 0 Å². The topological polar surface area (TPSA) is 91.9 Å². The zero-order chi connectivity index (χ0) is 20.1. The first kappa shape index (κ1) is 18.5. The van der Waals surface area contributed by atoms with Gasteiger partial charge in [-0.05, 0) is 60.5 Å². The molecule has 0 fully saturated rings. The van der Waals surface area contributed by atoms with Gasteiger partial charge in [0, 0.05) is 47.3 Å². The van der Waals surface area contributed by atoms with Crippen molar-refractivity contribution in [2.24, 2.45) is 0 Å². The first-order valence-corrected chi connectivity index (χ1v) is 9.29. The van der Waals surface area contributed by atoms with Crippen LogP contribution in [0.4, 0.5) is 11.6 Å². The predicted molar refractivity (Wildman–Crippen MR) is 113 cm³/mol. The Labute approximate surface area is 168 Å². The maximum atomic E-state index is 12.4. The zero-order valence-electron chi connectivity index (χ0n) is 16.0. The average molecular weight is 387 g/mol. The van der Waals surface area contributed by atoms with Crippen molar-refractivity contribution in [3.8, 4) is 5.75 Å². The number of hydrogen-bond acceptors (Lipinski definition) is 5. The number of methoxy groups -OCH3 is 1. The third kappa shape index (κ3) is 4.35. The van der Waals surface area contributed by atoms with Gasteiger partial charge in [0.15, 0.2) is 0 Å². The fourth-order valence-electron chi connectivity index (χ4n) is 3.10. The molecule has 0 unspecified atom stereocenters. The van der Waals surface area contributed by atoms with E-state index >= 15 is 0 Å². The van der Waals surface area contributed by atoms with E-state index < -0.39 is 0 Å². The molecule has 4 aromatic rings. The number of aromatic nitrogens is 3. The molecular weight excluding hydrogens is 366 g/mol. The molecule has 7 heteroatoms. The van der Waals surface area contributed by atoms with Crippen LogP contribution in [0.3, 0.4) is 0 Å². The number of ether oxygens (including phenoxy) is 1.